The minimum absolute atomic E-state index is 0.139. The van der Waals surface area contributed by atoms with Crippen LogP contribution in [0.2, 0.25) is 0 Å². The van der Waals surface area contributed by atoms with Crippen LogP contribution in [0.3, 0.4) is 0 Å². The predicted molar refractivity (Wildman–Crippen MR) is 205 cm³/mol. The zero-order valence-corrected chi connectivity index (χ0v) is 31.0. The maximum Gasteiger partial charge on any atom is 0.305 e. The molecular formula is C43H72O5. The molecule has 0 bridgehead atoms. The number of hydrogen-bond donors (Lipinski definition) is 1. The van der Waals surface area contributed by atoms with E-state index in [1.165, 1.54) is 77.0 Å². The van der Waals surface area contributed by atoms with Crippen LogP contribution < -0.4 is 0 Å². The monoisotopic (exact) mass is 669 g/mol. The highest BCUT2D eigenvalue weighted by molar-refractivity contribution is 5.69. The Kier molecular flexibility index (Phi) is 36.6. The first-order valence-electron chi connectivity index (χ1n) is 19.5. The van der Waals surface area contributed by atoms with Crippen LogP contribution in [-0.2, 0) is 19.1 Å². The van der Waals surface area contributed by atoms with Gasteiger partial charge in [0.1, 0.15) is 19.3 Å². The van der Waals surface area contributed by atoms with Gasteiger partial charge in [0.25, 0.3) is 0 Å². The largest absolute Gasteiger partial charge is 0.463 e. The average Bonchev–Trinajstić information content (AvgIpc) is 3.09. The van der Waals surface area contributed by atoms with E-state index in [-0.39, 0.29) is 25.2 Å². The van der Waals surface area contributed by atoms with E-state index in [2.05, 4.69) is 86.8 Å². The van der Waals surface area contributed by atoms with E-state index < -0.39 is 6.10 Å². The van der Waals surface area contributed by atoms with Crippen molar-refractivity contribution in [3.05, 3.63) is 72.9 Å². The van der Waals surface area contributed by atoms with E-state index in [9.17, 15) is 14.7 Å². The summed E-state index contributed by atoms with van der Waals surface area (Å²) in [5.41, 5.74) is 0. The minimum atomic E-state index is -0.991. The number of ether oxygens (including phenoxy) is 2. The number of hydrogen-bond acceptors (Lipinski definition) is 5. The van der Waals surface area contributed by atoms with E-state index >= 15 is 0 Å². The Morgan fingerprint density at radius 1 is 0.458 bits per heavy atom. The lowest BCUT2D eigenvalue weighted by molar-refractivity contribution is -0.152. The molecule has 0 aliphatic heterocycles. The van der Waals surface area contributed by atoms with Crippen LogP contribution in [0.4, 0.5) is 0 Å². The van der Waals surface area contributed by atoms with Crippen molar-refractivity contribution < 1.29 is 24.2 Å². The van der Waals surface area contributed by atoms with Gasteiger partial charge in [-0.15, -0.1) is 0 Å². The van der Waals surface area contributed by atoms with Gasteiger partial charge in [-0.1, -0.05) is 151 Å². The molecule has 0 radical (unpaired) electrons. The van der Waals surface area contributed by atoms with E-state index in [1.807, 2.05) is 0 Å². The summed E-state index contributed by atoms with van der Waals surface area (Å²) in [6.45, 7) is 4.12. The second kappa shape index (κ2) is 38.8. The average molecular weight is 669 g/mol. The number of aliphatic hydroxyl groups excluding tert-OH is 1. The second-order valence-electron chi connectivity index (χ2n) is 12.7. The van der Waals surface area contributed by atoms with Gasteiger partial charge >= 0.3 is 11.9 Å². The van der Waals surface area contributed by atoms with Crippen molar-refractivity contribution in [1.29, 1.82) is 0 Å². The molecule has 0 saturated carbocycles. The zero-order valence-electron chi connectivity index (χ0n) is 31.0. The number of carbonyl (C=O) groups is 2. The van der Waals surface area contributed by atoms with Crippen molar-refractivity contribution in [2.45, 2.75) is 174 Å². The fourth-order valence-corrected chi connectivity index (χ4v) is 5.00. The van der Waals surface area contributed by atoms with Crippen molar-refractivity contribution >= 4 is 11.9 Å². The van der Waals surface area contributed by atoms with Gasteiger partial charge in [0.2, 0.25) is 0 Å². The van der Waals surface area contributed by atoms with Crippen LogP contribution in [0.5, 0.6) is 0 Å². The summed E-state index contributed by atoms with van der Waals surface area (Å²) in [4.78, 5) is 23.9. The molecule has 0 unspecified atom stereocenters. The molecule has 0 aromatic carbocycles. The van der Waals surface area contributed by atoms with Gasteiger partial charge in [0, 0.05) is 12.8 Å². The first kappa shape index (κ1) is 45.3. The Morgan fingerprint density at radius 3 is 1.29 bits per heavy atom. The fraction of sp³-hybridized carbons (Fsp3) is 0.674. The molecule has 0 aromatic heterocycles. The van der Waals surface area contributed by atoms with E-state index in [0.717, 1.165) is 57.8 Å². The molecule has 0 aliphatic rings. The normalized spacial score (nSPS) is 13.0. The number of esters is 2. The predicted octanol–water partition coefficient (Wildman–Crippen LogP) is 12.2. The Labute approximate surface area is 295 Å². The van der Waals surface area contributed by atoms with Crippen LogP contribution >= 0.6 is 0 Å². The quantitative estimate of drug-likeness (QED) is 0.0420. The van der Waals surface area contributed by atoms with Crippen molar-refractivity contribution in [3.8, 4) is 0 Å². The first-order chi connectivity index (χ1) is 23.6. The van der Waals surface area contributed by atoms with Gasteiger partial charge in [0.05, 0.1) is 0 Å². The van der Waals surface area contributed by atoms with Crippen molar-refractivity contribution in [2.24, 2.45) is 0 Å². The third-order valence-electron chi connectivity index (χ3n) is 7.93. The summed E-state index contributed by atoms with van der Waals surface area (Å²) >= 11 is 0. The molecule has 0 spiro atoms. The standard InChI is InChI=1S/C43H72O5/c1-3-5-7-9-11-13-15-17-19-21-23-25-27-29-31-33-35-37-42(45)47-39-41(44)40-48-43(46)38-36-34-32-30-28-26-24-22-20-18-16-14-12-10-8-6-4-2/h5,7,11,13,17-20,23,25,29,31,41,44H,3-4,6,8-10,12,14-16,21-22,24,26-28,30,32-40H2,1-2H3/b7-5-,13-11-,19-17-,20-18-,25-23-,31-29-/t41-/m0/s1. The third kappa shape index (κ3) is 37.8. The summed E-state index contributed by atoms with van der Waals surface area (Å²) in [6.07, 6.45) is 51.0. The highest BCUT2D eigenvalue weighted by Gasteiger charge is 2.11. The molecule has 0 amide bonds. The van der Waals surface area contributed by atoms with Crippen LogP contribution in [0.1, 0.15) is 168 Å². The molecule has 0 rings (SSSR count). The lowest BCUT2D eigenvalue weighted by Gasteiger charge is -2.12. The Hall–Kier alpha value is -2.66. The van der Waals surface area contributed by atoms with E-state index in [1.54, 1.807) is 0 Å². The zero-order chi connectivity index (χ0) is 35.0. The summed E-state index contributed by atoms with van der Waals surface area (Å²) < 4.78 is 10.3. The van der Waals surface area contributed by atoms with Gasteiger partial charge in [-0.2, -0.15) is 0 Å². The SMILES string of the molecule is CC/C=C\C/C=C\C/C=C\C/C=C\C/C=C\CCCC(=O)OC[C@H](O)COC(=O)CCCCCCCCC/C=C\CCCCCCCC. The van der Waals surface area contributed by atoms with E-state index in [4.69, 9.17) is 9.47 Å². The molecular weight excluding hydrogens is 596 g/mol. The first-order valence-corrected chi connectivity index (χ1v) is 19.5. The number of carbonyl (C=O) groups excluding carboxylic acids is 2. The van der Waals surface area contributed by atoms with Crippen molar-refractivity contribution in [1.82, 2.24) is 0 Å². The highest BCUT2D eigenvalue weighted by atomic mass is 16.6. The molecule has 0 heterocycles. The third-order valence-corrected chi connectivity index (χ3v) is 7.93. The van der Waals surface area contributed by atoms with Crippen LogP contribution in [-0.4, -0.2) is 36.4 Å². The fourth-order valence-electron chi connectivity index (χ4n) is 5.00. The molecule has 0 aromatic rings. The summed E-state index contributed by atoms with van der Waals surface area (Å²) in [5.74, 6) is -0.641. The molecule has 274 valence electrons. The minimum Gasteiger partial charge on any atom is -0.463 e. The second-order valence-corrected chi connectivity index (χ2v) is 12.7. The highest BCUT2D eigenvalue weighted by Crippen LogP contribution is 2.12. The Morgan fingerprint density at radius 2 is 0.812 bits per heavy atom. The Bertz CT molecular complexity index is 895. The van der Waals surface area contributed by atoms with Crippen LogP contribution in [0, 0.1) is 0 Å². The summed E-state index contributed by atoms with van der Waals surface area (Å²) in [6, 6.07) is 0. The van der Waals surface area contributed by atoms with Crippen molar-refractivity contribution in [3.63, 3.8) is 0 Å². The maximum atomic E-state index is 12.0. The smallest absolute Gasteiger partial charge is 0.305 e. The lowest BCUT2D eigenvalue weighted by Crippen LogP contribution is -2.25. The Balaban J connectivity index is 3.56. The lowest BCUT2D eigenvalue weighted by atomic mass is 10.1. The number of allylic oxidation sites excluding steroid dienone is 12. The molecule has 5 nitrogen and oxygen atoms in total. The van der Waals surface area contributed by atoms with E-state index in [0.29, 0.717) is 19.3 Å². The molecule has 5 heteroatoms. The van der Waals surface area contributed by atoms with Crippen molar-refractivity contribution in [2.75, 3.05) is 13.2 Å². The molecule has 0 fully saturated rings. The van der Waals surface area contributed by atoms with Crippen LogP contribution in [0.25, 0.3) is 0 Å². The molecule has 1 atom stereocenters. The molecule has 0 aliphatic carbocycles. The van der Waals surface area contributed by atoms with Crippen LogP contribution in [0.15, 0.2) is 72.9 Å². The number of aliphatic hydroxyl groups is 1. The number of rotatable bonds is 34. The van der Waals surface area contributed by atoms with Gasteiger partial charge in [-0.25, -0.2) is 0 Å². The number of unbranched alkanes of at least 4 members (excludes halogenated alkanes) is 14. The molecule has 48 heavy (non-hydrogen) atoms. The summed E-state index contributed by atoms with van der Waals surface area (Å²) in [5, 5.41) is 10.0. The maximum absolute atomic E-state index is 12.0. The van der Waals surface area contributed by atoms with Gasteiger partial charge in [-0.3, -0.25) is 9.59 Å². The van der Waals surface area contributed by atoms with Gasteiger partial charge in [0.15, 0.2) is 0 Å². The van der Waals surface area contributed by atoms with Gasteiger partial charge in [-0.05, 0) is 77.0 Å². The summed E-state index contributed by atoms with van der Waals surface area (Å²) in [7, 11) is 0. The van der Waals surface area contributed by atoms with Gasteiger partial charge < -0.3 is 14.6 Å². The molecule has 0 saturated heterocycles. The topological polar surface area (TPSA) is 72.8 Å². The molecule has 1 N–H and O–H groups in total.